The van der Waals surface area contributed by atoms with Gasteiger partial charge in [0.15, 0.2) is 0 Å². The van der Waals surface area contributed by atoms with Gasteiger partial charge in [0.25, 0.3) is 0 Å². The van der Waals surface area contributed by atoms with E-state index in [-0.39, 0.29) is 0 Å². The number of rotatable bonds is 3. The number of aromatic nitrogens is 2. The maximum absolute atomic E-state index is 9.90. The Morgan fingerprint density at radius 1 is 1.60 bits per heavy atom. The minimum atomic E-state index is -0.529. The molecule has 0 aromatic carbocycles. The van der Waals surface area contributed by atoms with Crippen LogP contribution in [0.15, 0.2) is 29.1 Å². The van der Waals surface area contributed by atoms with Gasteiger partial charge in [-0.3, -0.25) is 4.68 Å². The van der Waals surface area contributed by atoms with E-state index in [2.05, 4.69) is 5.10 Å². The molecule has 2 aromatic rings. The lowest BCUT2D eigenvalue weighted by Gasteiger charge is -2.07. The van der Waals surface area contributed by atoms with E-state index < -0.39 is 6.10 Å². The van der Waals surface area contributed by atoms with Crippen molar-refractivity contribution in [2.45, 2.75) is 19.4 Å². The first kappa shape index (κ1) is 9.98. The molecule has 0 amide bonds. The molecular weight excluding hydrogens is 192 g/mol. The van der Waals surface area contributed by atoms with E-state index in [1.54, 1.807) is 23.3 Å². The smallest absolute Gasteiger partial charge is 0.0960 e. The summed E-state index contributed by atoms with van der Waals surface area (Å²) in [6.07, 6.45) is 3.15. The van der Waals surface area contributed by atoms with Gasteiger partial charge in [0.05, 0.1) is 24.3 Å². The molecule has 0 spiro atoms. The average molecular weight is 206 g/mol. The maximum Gasteiger partial charge on any atom is 0.0960 e. The lowest BCUT2D eigenvalue weighted by Crippen LogP contribution is -2.05. The highest BCUT2D eigenvalue weighted by atomic mass is 16.3. The van der Waals surface area contributed by atoms with Crippen molar-refractivity contribution in [3.8, 4) is 0 Å². The van der Waals surface area contributed by atoms with Gasteiger partial charge in [0, 0.05) is 24.7 Å². The first-order valence-corrected chi connectivity index (χ1v) is 4.86. The largest absolute Gasteiger partial charge is 0.472 e. The van der Waals surface area contributed by atoms with E-state index in [1.165, 1.54) is 0 Å². The summed E-state index contributed by atoms with van der Waals surface area (Å²) in [5, 5.41) is 14.1. The zero-order chi connectivity index (χ0) is 10.8. The fourth-order valence-electron chi connectivity index (χ4n) is 1.64. The molecule has 4 heteroatoms. The summed E-state index contributed by atoms with van der Waals surface area (Å²) in [5.41, 5.74) is 2.78. The number of hydrogen-bond acceptors (Lipinski definition) is 3. The van der Waals surface area contributed by atoms with E-state index in [1.807, 2.05) is 20.0 Å². The molecule has 0 aliphatic carbocycles. The highest BCUT2D eigenvalue weighted by Crippen LogP contribution is 2.18. The first-order chi connectivity index (χ1) is 7.16. The van der Waals surface area contributed by atoms with Crippen molar-refractivity contribution in [2.24, 2.45) is 7.05 Å². The Labute approximate surface area is 88.1 Å². The highest BCUT2D eigenvalue weighted by Gasteiger charge is 2.12. The molecule has 1 unspecified atom stereocenters. The predicted molar refractivity (Wildman–Crippen MR) is 55.3 cm³/mol. The van der Waals surface area contributed by atoms with Gasteiger partial charge in [0.2, 0.25) is 0 Å². The van der Waals surface area contributed by atoms with E-state index in [9.17, 15) is 5.11 Å². The summed E-state index contributed by atoms with van der Waals surface area (Å²) in [6.45, 7) is 1.94. The molecule has 0 aliphatic rings. The summed E-state index contributed by atoms with van der Waals surface area (Å²) in [7, 11) is 1.88. The third-order valence-electron chi connectivity index (χ3n) is 2.43. The number of aryl methyl sites for hydroxylation is 2. The minimum Gasteiger partial charge on any atom is -0.472 e. The second kappa shape index (κ2) is 3.90. The van der Waals surface area contributed by atoms with E-state index in [4.69, 9.17) is 4.42 Å². The summed E-state index contributed by atoms with van der Waals surface area (Å²) in [6, 6.07) is 3.75. The zero-order valence-electron chi connectivity index (χ0n) is 8.84. The predicted octanol–water partition coefficient (Wildman–Crippen LogP) is 1.60. The third-order valence-corrected chi connectivity index (χ3v) is 2.43. The van der Waals surface area contributed by atoms with Gasteiger partial charge in [-0.1, -0.05) is 0 Å². The number of nitrogens with zero attached hydrogens (tertiary/aromatic N) is 2. The van der Waals surface area contributed by atoms with Gasteiger partial charge < -0.3 is 9.52 Å². The Bertz CT molecular complexity index is 431. The van der Waals surface area contributed by atoms with Crippen LogP contribution >= 0.6 is 0 Å². The van der Waals surface area contributed by atoms with Crippen molar-refractivity contribution in [2.75, 3.05) is 0 Å². The molecule has 0 bridgehead atoms. The summed E-state index contributed by atoms with van der Waals surface area (Å²) < 4.78 is 6.72. The van der Waals surface area contributed by atoms with Gasteiger partial charge in [-0.25, -0.2) is 0 Å². The Morgan fingerprint density at radius 3 is 2.93 bits per heavy atom. The second-order valence-electron chi connectivity index (χ2n) is 3.68. The quantitative estimate of drug-likeness (QED) is 0.829. The molecule has 1 N–H and O–H groups in total. The number of aliphatic hydroxyl groups is 1. The van der Waals surface area contributed by atoms with Crippen molar-refractivity contribution < 1.29 is 9.52 Å². The molecule has 4 nitrogen and oxygen atoms in total. The molecule has 2 aromatic heterocycles. The molecule has 1 atom stereocenters. The standard InChI is InChI=1S/C11H14N2O2/c1-8-5-10(13(2)12-8)6-11(14)9-3-4-15-7-9/h3-5,7,11,14H,6H2,1-2H3. The molecule has 0 saturated heterocycles. The molecule has 0 radical (unpaired) electrons. The lowest BCUT2D eigenvalue weighted by molar-refractivity contribution is 0.175. The van der Waals surface area contributed by atoms with Crippen molar-refractivity contribution in [3.63, 3.8) is 0 Å². The van der Waals surface area contributed by atoms with Gasteiger partial charge in [-0.2, -0.15) is 5.10 Å². The Hall–Kier alpha value is -1.55. The van der Waals surface area contributed by atoms with Crippen LogP contribution in [-0.4, -0.2) is 14.9 Å². The van der Waals surface area contributed by atoms with Crippen LogP contribution in [0, 0.1) is 6.92 Å². The van der Waals surface area contributed by atoms with E-state index in [0.717, 1.165) is 17.0 Å². The van der Waals surface area contributed by atoms with Crippen LogP contribution < -0.4 is 0 Å². The van der Waals surface area contributed by atoms with Gasteiger partial charge in [-0.15, -0.1) is 0 Å². The zero-order valence-corrected chi connectivity index (χ0v) is 8.84. The normalized spacial score (nSPS) is 13.0. The number of furan rings is 1. The summed E-state index contributed by atoms with van der Waals surface area (Å²) in [5.74, 6) is 0. The maximum atomic E-state index is 9.90. The molecule has 0 fully saturated rings. The first-order valence-electron chi connectivity index (χ1n) is 4.86. The van der Waals surface area contributed by atoms with Crippen molar-refractivity contribution in [3.05, 3.63) is 41.6 Å². The van der Waals surface area contributed by atoms with Crippen LogP contribution in [0.2, 0.25) is 0 Å². The minimum absolute atomic E-state index is 0.529. The van der Waals surface area contributed by atoms with Crippen LogP contribution in [0.3, 0.4) is 0 Å². The molecule has 0 aliphatic heterocycles. The van der Waals surface area contributed by atoms with E-state index in [0.29, 0.717) is 6.42 Å². The van der Waals surface area contributed by atoms with Gasteiger partial charge in [-0.05, 0) is 19.1 Å². The topological polar surface area (TPSA) is 51.2 Å². The van der Waals surface area contributed by atoms with Gasteiger partial charge >= 0.3 is 0 Å². The lowest BCUT2D eigenvalue weighted by atomic mass is 10.1. The van der Waals surface area contributed by atoms with Crippen LogP contribution in [-0.2, 0) is 13.5 Å². The van der Waals surface area contributed by atoms with Gasteiger partial charge in [0.1, 0.15) is 0 Å². The van der Waals surface area contributed by atoms with Crippen molar-refractivity contribution >= 4 is 0 Å². The van der Waals surface area contributed by atoms with Crippen LogP contribution in [0.4, 0.5) is 0 Å². The monoisotopic (exact) mass is 206 g/mol. The summed E-state index contributed by atoms with van der Waals surface area (Å²) in [4.78, 5) is 0. The molecule has 80 valence electrons. The molecule has 2 heterocycles. The van der Waals surface area contributed by atoms with E-state index >= 15 is 0 Å². The Balaban J connectivity index is 2.12. The van der Waals surface area contributed by atoms with Crippen LogP contribution in [0.5, 0.6) is 0 Å². The van der Waals surface area contributed by atoms with Crippen molar-refractivity contribution in [1.82, 2.24) is 9.78 Å². The fraction of sp³-hybridized carbons (Fsp3) is 0.364. The Morgan fingerprint density at radius 2 is 2.40 bits per heavy atom. The van der Waals surface area contributed by atoms with Crippen LogP contribution in [0.25, 0.3) is 0 Å². The SMILES string of the molecule is Cc1cc(CC(O)c2ccoc2)n(C)n1. The summed E-state index contributed by atoms with van der Waals surface area (Å²) >= 11 is 0. The van der Waals surface area contributed by atoms with Crippen LogP contribution in [0.1, 0.15) is 23.1 Å². The molecule has 2 rings (SSSR count). The number of hydrogen-bond donors (Lipinski definition) is 1. The number of aliphatic hydroxyl groups excluding tert-OH is 1. The highest BCUT2D eigenvalue weighted by molar-refractivity contribution is 5.15. The molecule has 0 saturated carbocycles. The molecule has 15 heavy (non-hydrogen) atoms. The van der Waals surface area contributed by atoms with Crippen molar-refractivity contribution in [1.29, 1.82) is 0 Å². The average Bonchev–Trinajstić information content (AvgIpc) is 2.76. The fourth-order valence-corrected chi connectivity index (χ4v) is 1.64. The Kier molecular flexibility index (Phi) is 2.60. The second-order valence-corrected chi connectivity index (χ2v) is 3.68. The third kappa shape index (κ3) is 2.10. The molecular formula is C11H14N2O2.